The van der Waals surface area contributed by atoms with Crippen molar-refractivity contribution >= 4 is 13.3 Å². The molecule has 0 heterocycles. The van der Waals surface area contributed by atoms with Crippen molar-refractivity contribution in [3.8, 4) is 5.75 Å². The zero-order chi connectivity index (χ0) is 10.2. The third-order valence-corrected chi connectivity index (χ3v) is 1.65. The summed E-state index contributed by atoms with van der Waals surface area (Å²) in [6.45, 7) is 1.36. The molecule has 0 spiro atoms. The first-order valence-corrected chi connectivity index (χ1v) is 4.51. The normalized spacial score (nSPS) is 9.79. The highest BCUT2D eigenvalue weighted by Gasteiger charge is 1.93. The van der Waals surface area contributed by atoms with Gasteiger partial charge in [0.1, 0.15) is 5.75 Å². The molecule has 5 heteroatoms. The highest BCUT2D eigenvalue weighted by Crippen LogP contribution is 2.13. The molecule has 0 amide bonds. The standard InChI is InChI=1S/C9H15BN2O2/c1-13-10-12-5-6-14-9-4-2-3-8(11)7-9/h2-4,7,10,12H,5-6,11H2,1H3. The summed E-state index contributed by atoms with van der Waals surface area (Å²) in [5.74, 6) is 0.796. The third-order valence-electron chi connectivity index (χ3n) is 1.65. The lowest BCUT2D eigenvalue weighted by Crippen LogP contribution is -2.26. The summed E-state index contributed by atoms with van der Waals surface area (Å²) in [6, 6.07) is 7.38. The maximum Gasteiger partial charge on any atom is 0.360 e. The van der Waals surface area contributed by atoms with Gasteiger partial charge in [-0.3, -0.25) is 0 Å². The first kappa shape index (κ1) is 10.9. The lowest BCUT2D eigenvalue weighted by Gasteiger charge is -2.06. The molecule has 0 aromatic heterocycles. The number of hydrogen-bond acceptors (Lipinski definition) is 4. The van der Waals surface area contributed by atoms with Gasteiger partial charge in [0.15, 0.2) is 0 Å². The van der Waals surface area contributed by atoms with Gasteiger partial charge >= 0.3 is 7.62 Å². The van der Waals surface area contributed by atoms with Crippen molar-refractivity contribution in [2.24, 2.45) is 0 Å². The fourth-order valence-electron chi connectivity index (χ4n) is 1.02. The number of ether oxygens (including phenoxy) is 1. The van der Waals surface area contributed by atoms with Crippen LogP contribution < -0.4 is 15.7 Å². The second-order valence-corrected chi connectivity index (χ2v) is 2.85. The van der Waals surface area contributed by atoms with Crippen molar-refractivity contribution < 1.29 is 9.39 Å². The van der Waals surface area contributed by atoms with Crippen LogP contribution in [0.1, 0.15) is 0 Å². The molecule has 0 saturated heterocycles. The zero-order valence-corrected chi connectivity index (χ0v) is 8.32. The van der Waals surface area contributed by atoms with Crippen molar-refractivity contribution in [1.82, 2.24) is 5.23 Å². The quantitative estimate of drug-likeness (QED) is 0.384. The van der Waals surface area contributed by atoms with Gasteiger partial charge < -0.3 is 20.4 Å². The van der Waals surface area contributed by atoms with Gasteiger partial charge in [-0.05, 0) is 12.1 Å². The molecule has 1 aromatic carbocycles. The number of anilines is 1. The van der Waals surface area contributed by atoms with Gasteiger partial charge in [-0.15, -0.1) is 0 Å². The molecule has 1 rings (SSSR count). The monoisotopic (exact) mass is 194 g/mol. The molecule has 0 radical (unpaired) electrons. The molecule has 0 aliphatic heterocycles. The van der Waals surface area contributed by atoms with Crippen LogP contribution in [0.5, 0.6) is 5.75 Å². The van der Waals surface area contributed by atoms with E-state index in [4.69, 9.17) is 15.1 Å². The smallest absolute Gasteiger partial charge is 0.360 e. The van der Waals surface area contributed by atoms with E-state index in [1.54, 1.807) is 13.2 Å². The second kappa shape index (κ2) is 6.29. The van der Waals surface area contributed by atoms with E-state index in [-0.39, 0.29) is 0 Å². The number of rotatable bonds is 6. The Bertz CT molecular complexity index is 271. The zero-order valence-electron chi connectivity index (χ0n) is 8.32. The largest absolute Gasteiger partial charge is 0.492 e. The summed E-state index contributed by atoms with van der Waals surface area (Å²) >= 11 is 0. The highest BCUT2D eigenvalue weighted by atomic mass is 16.5. The molecule has 3 N–H and O–H groups in total. The van der Waals surface area contributed by atoms with Crippen molar-refractivity contribution in [1.29, 1.82) is 0 Å². The van der Waals surface area contributed by atoms with E-state index >= 15 is 0 Å². The van der Waals surface area contributed by atoms with Crippen LogP contribution >= 0.6 is 0 Å². The predicted octanol–water partition coefficient (Wildman–Crippen LogP) is 0.150. The van der Waals surface area contributed by atoms with Crippen LogP contribution in [0.2, 0.25) is 0 Å². The average Bonchev–Trinajstić information content (AvgIpc) is 2.18. The number of nitrogens with one attached hydrogen (secondary N) is 1. The molecular weight excluding hydrogens is 179 g/mol. The van der Waals surface area contributed by atoms with Crippen LogP contribution in [0.4, 0.5) is 5.69 Å². The molecule has 0 saturated carbocycles. The van der Waals surface area contributed by atoms with Crippen LogP contribution in [0.3, 0.4) is 0 Å². The SMILES string of the molecule is COBNCCOc1cccc(N)c1. The summed E-state index contributed by atoms with van der Waals surface area (Å²) in [5, 5.41) is 3.04. The van der Waals surface area contributed by atoms with Crippen LogP contribution in [-0.4, -0.2) is 27.9 Å². The van der Waals surface area contributed by atoms with Gasteiger partial charge in [0.2, 0.25) is 0 Å². The van der Waals surface area contributed by atoms with Crippen LogP contribution in [0, 0.1) is 0 Å². The molecule has 0 bridgehead atoms. The van der Waals surface area contributed by atoms with Crippen molar-refractivity contribution in [3.05, 3.63) is 24.3 Å². The predicted molar refractivity (Wildman–Crippen MR) is 58.5 cm³/mol. The van der Waals surface area contributed by atoms with Gasteiger partial charge in [-0.2, -0.15) is 0 Å². The van der Waals surface area contributed by atoms with Crippen LogP contribution in [-0.2, 0) is 4.65 Å². The Morgan fingerprint density at radius 3 is 3.07 bits per heavy atom. The molecule has 4 nitrogen and oxygen atoms in total. The Morgan fingerprint density at radius 2 is 2.36 bits per heavy atom. The number of benzene rings is 1. The summed E-state index contributed by atoms with van der Waals surface area (Å²) < 4.78 is 10.3. The summed E-state index contributed by atoms with van der Waals surface area (Å²) in [5.41, 5.74) is 6.31. The molecular formula is C9H15BN2O2. The van der Waals surface area contributed by atoms with E-state index in [9.17, 15) is 0 Å². The van der Waals surface area contributed by atoms with Gasteiger partial charge in [-0.1, -0.05) is 6.07 Å². The van der Waals surface area contributed by atoms with Crippen molar-refractivity contribution in [3.63, 3.8) is 0 Å². The minimum Gasteiger partial charge on any atom is -0.492 e. The Hall–Kier alpha value is -1.20. The average molecular weight is 194 g/mol. The maximum atomic E-state index is 5.59. The second-order valence-electron chi connectivity index (χ2n) is 2.85. The first-order chi connectivity index (χ1) is 6.83. The summed E-state index contributed by atoms with van der Waals surface area (Å²) in [6.07, 6.45) is 0. The summed E-state index contributed by atoms with van der Waals surface area (Å²) in [7, 11) is 2.19. The van der Waals surface area contributed by atoms with E-state index in [0.29, 0.717) is 19.9 Å². The summed E-state index contributed by atoms with van der Waals surface area (Å²) in [4.78, 5) is 0. The van der Waals surface area contributed by atoms with E-state index in [2.05, 4.69) is 5.23 Å². The Labute approximate surface area is 84.7 Å². The van der Waals surface area contributed by atoms with Crippen molar-refractivity contribution in [2.45, 2.75) is 0 Å². The molecule has 0 fully saturated rings. The van der Waals surface area contributed by atoms with E-state index in [1.165, 1.54) is 0 Å². The van der Waals surface area contributed by atoms with Gasteiger partial charge in [-0.25, -0.2) is 0 Å². The first-order valence-electron chi connectivity index (χ1n) is 4.51. The number of nitrogen functional groups attached to an aromatic ring is 1. The molecule has 0 unspecified atom stereocenters. The molecule has 0 aliphatic rings. The lowest BCUT2D eigenvalue weighted by molar-refractivity contribution is 0.319. The molecule has 76 valence electrons. The van der Waals surface area contributed by atoms with E-state index < -0.39 is 0 Å². The van der Waals surface area contributed by atoms with E-state index in [0.717, 1.165) is 12.3 Å². The van der Waals surface area contributed by atoms with Gasteiger partial charge in [0.05, 0.1) is 6.61 Å². The minimum atomic E-state index is 0.542. The molecule has 0 aliphatic carbocycles. The van der Waals surface area contributed by atoms with E-state index in [1.807, 2.05) is 18.2 Å². The van der Waals surface area contributed by atoms with Crippen molar-refractivity contribution in [2.75, 3.05) is 26.0 Å². The van der Waals surface area contributed by atoms with Crippen LogP contribution in [0.25, 0.3) is 0 Å². The number of hydrogen-bond donors (Lipinski definition) is 2. The number of nitrogens with two attached hydrogens (primary N) is 1. The topological polar surface area (TPSA) is 56.5 Å². The maximum absolute atomic E-state index is 5.59. The van der Waals surface area contributed by atoms with Crippen LogP contribution in [0.15, 0.2) is 24.3 Å². The lowest BCUT2D eigenvalue weighted by atomic mass is 10.3. The Balaban J connectivity index is 2.18. The Kier molecular flexibility index (Phi) is 4.89. The van der Waals surface area contributed by atoms with Gasteiger partial charge in [0.25, 0.3) is 0 Å². The minimum absolute atomic E-state index is 0.542. The Morgan fingerprint density at radius 1 is 1.50 bits per heavy atom. The molecule has 14 heavy (non-hydrogen) atoms. The molecule has 1 aromatic rings. The highest BCUT2D eigenvalue weighted by molar-refractivity contribution is 6.23. The molecule has 0 atom stereocenters. The third kappa shape index (κ3) is 4.16. The fourth-order valence-corrected chi connectivity index (χ4v) is 1.02. The van der Waals surface area contributed by atoms with Gasteiger partial charge in [0, 0.05) is 25.4 Å². The fraction of sp³-hybridized carbons (Fsp3) is 0.333.